The Labute approximate surface area is 119 Å². The van der Waals surface area contributed by atoms with E-state index < -0.39 is 6.29 Å². The fraction of sp³-hybridized carbons (Fsp3) is 0.750. The van der Waals surface area contributed by atoms with Gasteiger partial charge in [0, 0.05) is 0 Å². The molecule has 0 aliphatic heterocycles. The maximum atomic E-state index is 8.61. The number of hydrogen-bond acceptors (Lipinski definition) is 3. The van der Waals surface area contributed by atoms with Crippen molar-refractivity contribution in [3.8, 4) is 0 Å². The third kappa shape index (κ3) is 26.7. The highest BCUT2D eigenvalue weighted by Crippen LogP contribution is 2.10. The summed E-state index contributed by atoms with van der Waals surface area (Å²) in [4.78, 5) is 0. The number of unbranched alkanes of at least 4 members (excludes halogenated alkanes) is 8. The largest absolute Gasteiger partial charge is 0.474 e. The normalized spacial score (nSPS) is 9.68. The molecule has 0 unspecified atom stereocenters. The molecule has 0 amide bonds. The zero-order chi connectivity index (χ0) is 14.8. The lowest BCUT2D eigenvalue weighted by molar-refractivity contribution is -0.0466. The first-order chi connectivity index (χ1) is 9.18. The van der Waals surface area contributed by atoms with Crippen LogP contribution in [-0.2, 0) is 4.74 Å². The Balaban J connectivity index is 0. The Morgan fingerprint density at radius 2 is 1.26 bits per heavy atom. The molecule has 0 aromatic carbocycles. The van der Waals surface area contributed by atoms with Crippen LogP contribution in [0.25, 0.3) is 0 Å². The average Bonchev–Trinajstić information content (AvgIpc) is 2.38. The molecular formula is C16H32O3. The molecule has 0 aromatic rings. The van der Waals surface area contributed by atoms with Crippen molar-refractivity contribution in [3.05, 3.63) is 25.7 Å². The molecule has 0 fully saturated rings. The van der Waals surface area contributed by atoms with Gasteiger partial charge in [-0.05, 0) is 12.8 Å². The van der Waals surface area contributed by atoms with Gasteiger partial charge in [-0.3, -0.25) is 0 Å². The summed E-state index contributed by atoms with van der Waals surface area (Å²) in [7, 11) is 0. The van der Waals surface area contributed by atoms with Crippen LogP contribution in [0.4, 0.5) is 0 Å². The van der Waals surface area contributed by atoms with Crippen LogP contribution >= 0.6 is 0 Å². The van der Waals surface area contributed by atoms with Crippen LogP contribution in [0.15, 0.2) is 25.7 Å². The summed E-state index contributed by atoms with van der Waals surface area (Å²) in [5.41, 5.74) is 0. The maximum absolute atomic E-state index is 8.61. The van der Waals surface area contributed by atoms with E-state index in [0.717, 1.165) is 12.8 Å². The van der Waals surface area contributed by atoms with Crippen molar-refractivity contribution in [2.24, 2.45) is 0 Å². The van der Waals surface area contributed by atoms with Crippen molar-refractivity contribution in [2.75, 3.05) is 0 Å². The van der Waals surface area contributed by atoms with Crippen LogP contribution in [0, 0.1) is 0 Å². The minimum atomic E-state index is -1.10. The van der Waals surface area contributed by atoms with Gasteiger partial charge in [-0.25, -0.2) is 0 Å². The summed E-state index contributed by atoms with van der Waals surface area (Å²) in [6.45, 7) is 8.75. The first kappa shape index (κ1) is 20.5. The van der Waals surface area contributed by atoms with Crippen molar-refractivity contribution in [1.29, 1.82) is 0 Å². The quantitative estimate of drug-likeness (QED) is 0.312. The molecule has 0 saturated carbocycles. The van der Waals surface area contributed by atoms with E-state index in [4.69, 9.17) is 10.2 Å². The zero-order valence-corrected chi connectivity index (χ0v) is 12.5. The molecule has 0 bridgehead atoms. The van der Waals surface area contributed by atoms with Gasteiger partial charge in [0.25, 0.3) is 0 Å². The SMILES string of the molecule is C=COC=C.CCCCCCCCCCCC(O)O. The van der Waals surface area contributed by atoms with Gasteiger partial charge in [0.2, 0.25) is 0 Å². The predicted molar refractivity (Wildman–Crippen MR) is 81.5 cm³/mol. The molecule has 0 heterocycles. The van der Waals surface area contributed by atoms with Gasteiger partial charge in [0.1, 0.15) is 0 Å². The maximum Gasteiger partial charge on any atom is 0.151 e. The zero-order valence-electron chi connectivity index (χ0n) is 12.5. The molecule has 0 radical (unpaired) electrons. The molecule has 114 valence electrons. The van der Waals surface area contributed by atoms with E-state index in [9.17, 15) is 0 Å². The lowest BCUT2D eigenvalue weighted by Gasteiger charge is -2.03. The standard InChI is InChI=1S/C12H26O2.C4H6O/c1-2-3-4-5-6-7-8-9-10-11-12(13)14;1-3-5-4-2/h12-14H,2-11H2,1H3;3-4H,1-2H2. The lowest BCUT2D eigenvalue weighted by Crippen LogP contribution is -2.02. The van der Waals surface area contributed by atoms with Crippen LogP contribution in [0.1, 0.15) is 71.1 Å². The predicted octanol–water partition coefficient (Wildman–Crippen LogP) is 4.51. The van der Waals surface area contributed by atoms with Gasteiger partial charge < -0.3 is 14.9 Å². The van der Waals surface area contributed by atoms with Crippen molar-refractivity contribution < 1.29 is 14.9 Å². The molecule has 0 aliphatic rings. The summed E-state index contributed by atoms with van der Waals surface area (Å²) in [5.74, 6) is 0. The van der Waals surface area contributed by atoms with Gasteiger partial charge in [0.05, 0.1) is 12.5 Å². The second kappa shape index (κ2) is 19.5. The number of aliphatic hydroxyl groups excluding tert-OH is 1. The first-order valence-electron chi connectivity index (χ1n) is 7.42. The van der Waals surface area contributed by atoms with Crippen LogP contribution in [0.2, 0.25) is 0 Å². The van der Waals surface area contributed by atoms with Crippen LogP contribution in [0.5, 0.6) is 0 Å². The summed E-state index contributed by atoms with van der Waals surface area (Å²) >= 11 is 0. The van der Waals surface area contributed by atoms with E-state index in [1.165, 1.54) is 57.5 Å². The van der Waals surface area contributed by atoms with Gasteiger partial charge in [-0.15, -0.1) is 0 Å². The minimum absolute atomic E-state index is 0.538. The van der Waals surface area contributed by atoms with Gasteiger partial charge >= 0.3 is 0 Å². The van der Waals surface area contributed by atoms with Gasteiger partial charge in [-0.2, -0.15) is 0 Å². The number of rotatable bonds is 12. The van der Waals surface area contributed by atoms with E-state index in [-0.39, 0.29) is 0 Å². The van der Waals surface area contributed by atoms with Gasteiger partial charge in [-0.1, -0.05) is 71.4 Å². The van der Waals surface area contributed by atoms with E-state index >= 15 is 0 Å². The van der Waals surface area contributed by atoms with Crippen LogP contribution in [-0.4, -0.2) is 16.5 Å². The first-order valence-corrected chi connectivity index (χ1v) is 7.42. The highest BCUT2D eigenvalue weighted by Gasteiger charge is 1.96. The summed E-state index contributed by atoms with van der Waals surface area (Å²) in [6, 6.07) is 0. The fourth-order valence-electron chi connectivity index (χ4n) is 1.71. The third-order valence-electron chi connectivity index (χ3n) is 2.76. The molecule has 0 aliphatic carbocycles. The highest BCUT2D eigenvalue weighted by atomic mass is 16.5. The second-order valence-corrected chi connectivity index (χ2v) is 4.57. The molecule has 3 nitrogen and oxygen atoms in total. The molecule has 3 heteroatoms. The molecular weight excluding hydrogens is 240 g/mol. The van der Waals surface area contributed by atoms with Gasteiger partial charge in [0.15, 0.2) is 6.29 Å². The summed E-state index contributed by atoms with van der Waals surface area (Å²) in [5, 5.41) is 17.2. The van der Waals surface area contributed by atoms with Crippen molar-refractivity contribution in [3.63, 3.8) is 0 Å². The van der Waals surface area contributed by atoms with E-state index in [1.54, 1.807) is 0 Å². The number of hydrogen-bond donors (Lipinski definition) is 2. The Morgan fingerprint density at radius 3 is 1.58 bits per heavy atom. The highest BCUT2D eigenvalue weighted by molar-refractivity contribution is 4.57. The Morgan fingerprint density at radius 1 is 0.842 bits per heavy atom. The monoisotopic (exact) mass is 272 g/mol. The van der Waals surface area contributed by atoms with Crippen molar-refractivity contribution >= 4 is 0 Å². The molecule has 0 atom stereocenters. The fourth-order valence-corrected chi connectivity index (χ4v) is 1.71. The number of aliphatic hydroxyl groups is 2. The Bertz CT molecular complexity index is 173. The Kier molecular flexibility index (Phi) is 21.1. The molecule has 19 heavy (non-hydrogen) atoms. The van der Waals surface area contributed by atoms with E-state index in [1.807, 2.05) is 0 Å². The van der Waals surface area contributed by atoms with Crippen molar-refractivity contribution in [2.45, 2.75) is 77.4 Å². The van der Waals surface area contributed by atoms with Crippen LogP contribution in [0.3, 0.4) is 0 Å². The summed E-state index contributed by atoms with van der Waals surface area (Å²) in [6.07, 6.45) is 13.5. The molecule has 0 rings (SSSR count). The topological polar surface area (TPSA) is 49.7 Å². The number of ether oxygens (including phenoxy) is 1. The van der Waals surface area contributed by atoms with E-state index in [0.29, 0.717) is 6.42 Å². The molecule has 0 saturated heterocycles. The molecule has 0 aromatic heterocycles. The molecule has 2 N–H and O–H groups in total. The summed E-state index contributed by atoms with van der Waals surface area (Å²) < 4.78 is 4.36. The van der Waals surface area contributed by atoms with Crippen molar-refractivity contribution in [1.82, 2.24) is 0 Å². The smallest absolute Gasteiger partial charge is 0.151 e. The minimum Gasteiger partial charge on any atom is -0.474 e. The Hall–Kier alpha value is -0.800. The van der Waals surface area contributed by atoms with E-state index in [2.05, 4.69) is 24.8 Å². The van der Waals surface area contributed by atoms with Crippen LogP contribution < -0.4 is 0 Å². The third-order valence-corrected chi connectivity index (χ3v) is 2.76. The average molecular weight is 272 g/mol. The lowest BCUT2D eigenvalue weighted by atomic mass is 10.1. The molecule has 0 spiro atoms. The second-order valence-electron chi connectivity index (χ2n) is 4.57.